The average Bonchev–Trinajstić information content (AvgIpc) is 2.90. The number of aliphatic imine (C=N–C) groups is 1. The zero-order valence-electron chi connectivity index (χ0n) is 13.6. The van der Waals surface area contributed by atoms with Gasteiger partial charge in [0.1, 0.15) is 6.54 Å². The Morgan fingerprint density at radius 1 is 1.14 bits per heavy atom. The standard InChI is InChI=1S/C15H24N5O2/c1-4-20-11(10-19-8-6-5-7-9-19)16-13-12(20)14(21)18(3)15(22)17(13)2/h12H,4-10H2,1-3H3/q+1. The quantitative estimate of drug-likeness (QED) is 0.700. The van der Waals surface area contributed by atoms with Crippen molar-refractivity contribution >= 4 is 23.6 Å². The highest BCUT2D eigenvalue weighted by Crippen LogP contribution is 2.19. The van der Waals surface area contributed by atoms with Gasteiger partial charge in [-0.05, 0) is 37.8 Å². The second kappa shape index (κ2) is 5.79. The molecule has 0 aliphatic carbocycles. The van der Waals surface area contributed by atoms with Gasteiger partial charge in [0.2, 0.25) is 0 Å². The summed E-state index contributed by atoms with van der Waals surface area (Å²) in [5, 5.41) is 0. The Kier molecular flexibility index (Phi) is 3.99. The molecule has 1 unspecified atom stereocenters. The van der Waals surface area contributed by atoms with Crippen LogP contribution in [0.15, 0.2) is 4.99 Å². The van der Waals surface area contributed by atoms with Gasteiger partial charge in [-0.15, -0.1) is 0 Å². The molecule has 0 N–H and O–H groups in total. The van der Waals surface area contributed by atoms with Crippen LogP contribution in [0.3, 0.4) is 0 Å². The van der Waals surface area contributed by atoms with Crippen molar-refractivity contribution in [1.82, 2.24) is 14.7 Å². The number of urea groups is 1. The number of carbonyl (C=O) groups is 2. The molecular formula is C15H24N5O2+. The molecule has 0 radical (unpaired) electrons. The molecule has 22 heavy (non-hydrogen) atoms. The molecule has 3 aliphatic rings. The monoisotopic (exact) mass is 306 g/mol. The number of hydrogen-bond acceptors (Lipinski definition) is 4. The number of piperidine rings is 1. The van der Waals surface area contributed by atoms with E-state index in [4.69, 9.17) is 0 Å². The van der Waals surface area contributed by atoms with Crippen LogP contribution in [0, 0.1) is 0 Å². The highest BCUT2D eigenvalue weighted by atomic mass is 16.2. The zero-order valence-corrected chi connectivity index (χ0v) is 13.6. The summed E-state index contributed by atoms with van der Waals surface area (Å²) >= 11 is 0. The lowest BCUT2D eigenvalue weighted by atomic mass is 10.1. The minimum absolute atomic E-state index is 0.183. The third kappa shape index (κ3) is 2.33. The first-order chi connectivity index (χ1) is 10.5. The molecule has 0 spiro atoms. The van der Waals surface area contributed by atoms with Crippen molar-refractivity contribution in [3.8, 4) is 0 Å². The summed E-state index contributed by atoms with van der Waals surface area (Å²) in [5.74, 6) is 1.30. The van der Waals surface area contributed by atoms with E-state index in [1.165, 1.54) is 36.1 Å². The van der Waals surface area contributed by atoms with Crippen LogP contribution in [0.25, 0.3) is 0 Å². The predicted molar refractivity (Wildman–Crippen MR) is 83.3 cm³/mol. The van der Waals surface area contributed by atoms with Crippen LogP contribution in [0.2, 0.25) is 0 Å². The summed E-state index contributed by atoms with van der Waals surface area (Å²) in [6.07, 6.45) is 3.74. The summed E-state index contributed by atoms with van der Waals surface area (Å²) in [5.41, 5.74) is 0. The number of nitrogens with zero attached hydrogens (tertiary/aromatic N) is 5. The van der Waals surface area contributed by atoms with Crippen LogP contribution in [0.5, 0.6) is 0 Å². The summed E-state index contributed by atoms with van der Waals surface area (Å²) in [7, 11) is 3.23. The van der Waals surface area contributed by atoms with Crippen molar-refractivity contribution < 1.29 is 14.2 Å². The molecule has 120 valence electrons. The van der Waals surface area contributed by atoms with Crippen LogP contribution in [-0.2, 0) is 4.79 Å². The fraction of sp³-hybridized carbons (Fsp3) is 0.733. The number of amidine groups is 2. The number of likely N-dealkylation sites (N-methyl/N-ethyl adjacent to an activating group) is 3. The number of amides is 3. The van der Waals surface area contributed by atoms with Crippen LogP contribution >= 0.6 is 0 Å². The van der Waals surface area contributed by atoms with Crippen LogP contribution in [-0.4, -0.2) is 89.2 Å². The maximum absolute atomic E-state index is 12.5. The first-order valence-corrected chi connectivity index (χ1v) is 8.03. The van der Waals surface area contributed by atoms with Gasteiger partial charge in [0, 0.05) is 14.1 Å². The second-order valence-electron chi connectivity index (χ2n) is 6.15. The topological polar surface area (TPSA) is 59.2 Å². The van der Waals surface area contributed by atoms with E-state index in [0.717, 1.165) is 25.5 Å². The highest BCUT2D eigenvalue weighted by molar-refractivity contribution is 6.23. The fourth-order valence-corrected chi connectivity index (χ4v) is 3.46. The van der Waals surface area contributed by atoms with Crippen molar-refractivity contribution in [3.05, 3.63) is 0 Å². The normalized spacial score (nSPS) is 26.7. The Labute approximate surface area is 130 Å². The van der Waals surface area contributed by atoms with E-state index in [9.17, 15) is 9.59 Å². The highest BCUT2D eigenvalue weighted by Gasteiger charge is 2.52. The molecule has 7 heteroatoms. The predicted octanol–water partition coefficient (Wildman–Crippen LogP) is 0.208. The molecule has 7 nitrogen and oxygen atoms in total. The number of imide groups is 1. The number of carbonyl (C=O) groups excluding carboxylic acids is 2. The lowest BCUT2D eigenvalue weighted by Gasteiger charge is -2.30. The maximum atomic E-state index is 12.5. The van der Waals surface area contributed by atoms with Gasteiger partial charge < -0.3 is 0 Å². The van der Waals surface area contributed by atoms with Gasteiger partial charge in [-0.25, -0.2) is 9.37 Å². The lowest BCUT2D eigenvalue weighted by Crippen LogP contribution is -2.61. The molecule has 0 bridgehead atoms. The molecule has 3 amide bonds. The van der Waals surface area contributed by atoms with Crippen LogP contribution < -0.4 is 0 Å². The Morgan fingerprint density at radius 3 is 2.45 bits per heavy atom. The van der Waals surface area contributed by atoms with Gasteiger partial charge in [-0.2, -0.15) is 0 Å². The van der Waals surface area contributed by atoms with Crippen molar-refractivity contribution in [2.45, 2.75) is 32.2 Å². The summed E-state index contributed by atoms with van der Waals surface area (Å²) in [6, 6.07) is -0.757. The minimum Gasteiger partial charge on any atom is -0.292 e. The fourth-order valence-electron chi connectivity index (χ4n) is 3.46. The van der Waals surface area contributed by atoms with E-state index in [1.807, 2.05) is 11.5 Å². The van der Waals surface area contributed by atoms with Crippen molar-refractivity contribution in [2.24, 2.45) is 4.99 Å². The molecule has 0 saturated carbocycles. The van der Waals surface area contributed by atoms with Gasteiger partial charge in [-0.1, -0.05) is 6.42 Å². The first-order valence-electron chi connectivity index (χ1n) is 8.03. The molecule has 3 heterocycles. The smallest absolute Gasteiger partial charge is 0.292 e. The summed E-state index contributed by atoms with van der Waals surface area (Å²) in [6.45, 7) is 5.66. The van der Waals surface area contributed by atoms with Gasteiger partial charge >= 0.3 is 11.9 Å². The SMILES string of the molecule is CC[N+]1=C(CN2CCCCC2)N=C2C1C(=O)N(C)C(=O)N2C. The third-order valence-corrected chi connectivity index (χ3v) is 4.77. The number of likely N-dealkylation sites (tertiary alicyclic amines) is 1. The number of hydrogen-bond donors (Lipinski definition) is 0. The average molecular weight is 306 g/mol. The molecule has 3 aliphatic heterocycles. The van der Waals surface area contributed by atoms with E-state index in [2.05, 4.69) is 9.89 Å². The number of fused-ring (bicyclic) bond motifs is 1. The molecule has 0 aromatic carbocycles. The Hall–Kier alpha value is -1.76. The van der Waals surface area contributed by atoms with E-state index in [1.54, 1.807) is 7.05 Å². The molecule has 2 saturated heterocycles. The van der Waals surface area contributed by atoms with Crippen LogP contribution in [0.4, 0.5) is 4.79 Å². The van der Waals surface area contributed by atoms with Gasteiger partial charge in [-0.3, -0.25) is 19.5 Å². The Morgan fingerprint density at radius 2 is 1.82 bits per heavy atom. The van der Waals surface area contributed by atoms with Gasteiger partial charge in [0.15, 0.2) is 0 Å². The number of rotatable bonds is 3. The van der Waals surface area contributed by atoms with Crippen LogP contribution in [0.1, 0.15) is 26.2 Å². The van der Waals surface area contributed by atoms with E-state index < -0.39 is 6.04 Å². The lowest BCUT2D eigenvalue weighted by molar-refractivity contribution is -0.532. The Bertz CT molecular complexity index is 562. The molecule has 0 aromatic heterocycles. The summed E-state index contributed by atoms with van der Waals surface area (Å²) in [4.78, 5) is 34.3. The van der Waals surface area contributed by atoms with E-state index in [-0.39, 0.29) is 11.9 Å². The van der Waals surface area contributed by atoms with Gasteiger partial charge in [0.25, 0.3) is 17.8 Å². The molecule has 1 atom stereocenters. The minimum atomic E-state index is -0.447. The second-order valence-corrected chi connectivity index (χ2v) is 6.15. The van der Waals surface area contributed by atoms with E-state index in [0.29, 0.717) is 12.4 Å². The first kappa shape index (κ1) is 15.1. The van der Waals surface area contributed by atoms with Crippen molar-refractivity contribution in [3.63, 3.8) is 0 Å². The van der Waals surface area contributed by atoms with Crippen molar-refractivity contribution in [1.29, 1.82) is 0 Å². The van der Waals surface area contributed by atoms with Crippen molar-refractivity contribution in [2.75, 3.05) is 40.3 Å². The van der Waals surface area contributed by atoms with Gasteiger partial charge in [0.05, 0.1) is 6.54 Å². The van der Waals surface area contributed by atoms with E-state index >= 15 is 0 Å². The molecule has 2 fully saturated rings. The molecular weight excluding hydrogens is 282 g/mol. The zero-order chi connectivity index (χ0) is 15.9. The summed E-state index contributed by atoms with van der Waals surface area (Å²) < 4.78 is 2.03. The molecule has 3 rings (SSSR count). The third-order valence-electron chi connectivity index (χ3n) is 4.77. The molecule has 0 aromatic rings. The largest absolute Gasteiger partial charge is 0.333 e. The Balaban J connectivity index is 1.89. The maximum Gasteiger partial charge on any atom is 0.333 e.